The average Bonchev–Trinajstić information content (AvgIpc) is 2.74. The second kappa shape index (κ2) is 13.5. The van der Waals surface area contributed by atoms with Crippen LogP contribution < -0.4 is 21.7 Å². The summed E-state index contributed by atoms with van der Waals surface area (Å²) >= 11 is 0. The van der Waals surface area contributed by atoms with E-state index in [1.54, 1.807) is 44.2 Å². The van der Waals surface area contributed by atoms with Gasteiger partial charge < -0.3 is 31.9 Å². The number of hydrogen-bond donors (Lipinski definition) is 6. The van der Waals surface area contributed by atoms with Crippen molar-refractivity contribution >= 4 is 23.7 Å². The van der Waals surface area contributed by atoms with Crippen LogP contribution in [0.2, 0.25) is 0 Å². The molecule has 1 aromatic carbocycles. The monoisotopic (exact) mass is 464 g/mol. The summed E-state index contributed by atoms with van der Waals surface area (Å²) in [6, 6.07) is 4.50. The lowest BCUT2D eigenvalue weighted by molar-refractivity contribution is -0.143. The number of rotatable bonds is 13. The van der Waals surface area contributed by atoms with E-state index in [1.807, 2.05) is 13.8 Å². The van der Waals surface area contributed by atoms with Crippen LogP contribution in [0.4, 0.5) is 0 Å². The molecule has 0 aliphatic carbocycles. The Hall–Kier alpha value is -2.98. The fourth-order valence-electron chi connectivity index (χ4n) is 3.19. The van der Waals surface area contributed by atoms with Crippen molar-refractivity contribution < 1.29 is 29.4 Å². The first-order valence-corrected chi connectivity index (χ1v) is 11.0. The Bertz CT molecular complexity index is 799. The van der Waals surface area contributed by atoms with Gasteiger partial charge in [0.25, 0.3) is 0 Å². The zero-order valence-electron chi connectivity index (χ0n) is 19.6. The summed E-state index contributed by atoms with van der Waals surface area (Å²) in [5.74, 6) is -3.33. The van der Waals surface area contributed by atoms with E-state index in [2.05, 4.69) is 16.0 Å². The fraction of sp³-hybridized carbons (Fsp3) is 0.565. The molecule has 10 nitrogen and oxygen atoms in total. The summed E-state index contributed by atoms with van der Waals surface area (Å²) in [5.41, 5.74) is 6.66. The minimum Gasteiger partial charge on any atom is -0.480 e. The van der Waals surface area contributed by atoms with E-state index in [-0.39, 0.29) is 18.3 Å². The summed E-state index contributed by atoms with van der Waals surface area (Å²) in [4.78, 5) is 49.5. The molecule has 0 bridgehead atoms. The number of carbonyl (C=O) groups is 4. The van der Waals surface area contributed by atoms with Crippen molar-refractivity contribution in [2.24, 2.45) is 17.6 Å². The summed E-state index contributed by atoms with van der Waals surface area (Å²) in [6.07, 6.45) is 0.539. The fourth-order valence-corrected chi connectivity index (χ4v) is 3.19. The van der Waals surface area contributed by atoms with Gasteiger partial charge in [0.1, 0.15) is 18.1 Å². The van der Waals surface area contributed by atoms with Crippen LogP contribution in [0.1, 0.15) is 39.7 Å². The van der Waals surface area contributed by atoms with Crippen LogP contribution in [0.3, 0.4) is 0 Å². The van der Waals surface area contributed by atoms with Gasteiger partial charge in [0.2, 0.25) is 17.7 Å². The van der Waals surface area contributed by atoms with Crippen LogP contribution in [0.25, 0.3) is 0 Å². The van der Waals surface area contributed by atoms with Crippen LogP contribution >= 0.6 is 0 Å². The molecular formula is C23H36N4O6. The highest BCUT2D eigenvalue weighted by molar-refractivity contribution is 5.94. The number of nitrogens with one attached hydrogen (secondary N) is 3. The van der Waals surface area contributed by atoms with Gasteiger partial charge in [-0.1, -0.05) is 58.0 Å². The lowest BCUT2D eigenvalue weighted by Crippen LogP contribution is -2.59. The molecule has 1 rings (SSSR count). The summed E-state index contributed by atoms with van der Waals surface area (Å²) in [7, 11) is 0. The number of aliphatic hydroxyl groups is 1. The molecule has 0 heterocycles. The van der Waals surface area contributed by atoms with Crippen LogP contribution in [-0.4, -0.2) is 64.7 Å². The van der Waals surface area contributed by atoms with E-state index >= 15 is 0 Å². The molecule has 0 fully saturated rings. The van der Waals surface area contributed by atoms with Gasteiger partial charge >= 0.3 is 5.97 Å². The van der Waals surface area contributed by atoms with Crippen LogP contribution in [0.15, 0.2) is 30.3 Å². The Morgan fingerprint density at radius 2 is 1.45 bits per heavy atom. The predicted octanol–water partition coefficient (Wildman–Crippen LogP) is -0.210. The molecule has 0 spiro atoms. The van der Waals surface area contributed by atoms with E-state index in [4.69, 9.17) is 10.8 Å². The third kappa shape index (κ3) is 9.58. The summed E-state index contributed by atoms with van der Waals surface area (Å²) in [5, 5.41) is 25.9. The number of nitrogens with two attached hydrogens (primary N) is 1. The largest absolute Gasteiger partial charge is 0.480 e. The van der Waals surface area contributed by atoms with Crippen molar-refractivity contribution in [3.05, 3.63) is 35.9 Å². The van der Waals surface area contributed by atoms with Crippen molar-refractivity contribution in [3.63, 3.8) is 0 Å². The zero-order valence-corrected chi connectivity index (χ0v) is 19.6. The third-order valence-corrected chi connectivity index (χ3v) is 5.02. The van der Waals surface area contributed by atoms with Crippen molar-refractivity contribution in [2.75, 3.05) is 6.61 Å². The van der Waals surface area contributed by atoms with Crippen molar-refractivity contribution in [2.45, 2.75) is 64.7 Å². The zero-order chi connectivity index (χ0) is 25.1. The van der Waals surface area contributed by atoms with Crippen LogP contribution in [-0.2, 0) is 25.6 Å². The molecule has 0 aliphatic heterocycles. The van der Waals surface area contributed by atoms with Gasteiger partial charge in [-0.3, -0.25) is 14.4 Å². The minimum absolute atomic E-state index is 0.0851. The maximum absolute atomic E-state index is 13.0. The standard InChI is InChI=1S/C23H36N4O6/c1-13(2)10-16(24)20(29)27-19(14(3)4)22(31)25-17(11-15-8-6-5-7-9-15)21(30)26-18(12-28)23(32)33/h5-9,13-14,16-19,28H,10-12,24H2,1-4H3,(H,25,31)(H,26,30)(H,27,29)(H,32,33). The van der Waals surface area contributed by atoms with Gasteiger partial charge in [0.05, 0.1) is 12.6 Å². The number of carbonyl (C=O) groups excluding carboxylic acids is 3. The molecule has 1 aromatic rings. The van der Waals surface area contributed by atoms with Crippen molar-refractivity contribution in [3.8, 4) is 0 Å². The van der Waals surface area contributed by atoms with Crippen molar-refractivity contribution in [1.29, 1.82) is 0 Å². The first-order valence-electron chi connectivity index (χ1n) is 11.0. The molecule has 0 saturated carbocycles. The maximum atomic E-state index is 13.0. The Labute approximate surface area is 194 Å². The number of hydrogen-bond acceptors (Lipinski definition) is 6. The number of benzene rings is 1. The Morgan fingerprint density at radius 1 is 0.879 bits per heavy atom. The molecule has 0 radical (unpaired) electrons. The first kappa shape index (κ1) is 28.1. The molecule has 7 N–H and O–H groups in total. The second-order valence-electron chi connectivity index (χ2n) is 8.80. The smallest absolute Gasteiger partial charge is 0.328 e. The predicted molar refractivity (Wildman–Crippen MR) is 123 cm³/mol. The molecule has 3 amide bonds. The van der Waals surface area contributed by atoms with Gasteiger partial charge in [-0.2, -0.15) is 0 Å². The van der Waals surface area contributed by atoms with Gasteiger partial charge in [-0.25, -0.2) is 4.79 Å². The van der Waals surface area contributed by atoms with Crippen LogP contribution in [0, 0.1) is 11.8 Å². The molecule has 184 valence electrons. The quantitative estimate of drug-likeness (QED) is 0.234. The Morgan fingerprint density at radius 3 is 1.94 bits per heavy atom. The molecule has 0 saturated heterocycles. The van der Waals surface area contributed by atoms with E-state index < -0.39 is 54.5 Å². The lowest BCUT2D eigenvalue weighted by atomic mass is 9.99. The first-order chi connectivity index (χ1) is 15.5. The van der Waals surface area contributed by atoms with E-state index in [0.29, 0.717) is 6.42 Å². The number of aliphatic hydroxyl groups excluding tert-OH is 1. The molecule has 0 aliphatic rings. The number of aliphatic carboxylic acids is 1. The highest BCUT2D eigenvalue weighted by Gasteiger charge is 2.31. The SMILES string of the molecule is CC(C)CC(N)C(=O)NC(C(=O)NC(Cc1ccccc1)C(=O)NC(CO)C(=O)O)C(C)C. The van der Waals surface area contributed by atoms with Gasteiger partial charge in [0, 0.05) is 6.42 Å². The van der Waals surface area contributed by atoms with Crippen LogP contribution in [0.5, 0.6) is 0 Å². The Kier molecular flexibility index (Phi) is 11.5. The maximum Gasteiger partial charge on any atom is 0.328 e. The third-order valence-electron chi connectivity index (χ3n) is 5.02. The molecular weight excluding hydrogens is 428 g/mol. The highest BCUT2D eigenvalue weighted by atomic mass is 16.4. The molecule has 4 unspecified atom stereocenters. The topological polar surface area (TPSA) is 171 Å². The highest BCUT2D eigenvalue weighted by Crippen LogP contribution is 2.09. The van der Waals surface area contributed by atoms with E-state index in [0.717, 1.165) is 5.56 Å². The van der Waals surface area contributed by atoms with Gasteiger partial charge in [-0.05, 0) is 23.8 Å². The van der Waals surface area contributed by atoms with Gasteiger partial charge in [-0.15, -0.1) is 0 Å². The Balaban J connectivity index is 3.03. The number of amides is 3. The van der Waals surface area contributed by atoms with E-state index in [9.17, 15) is 24.3 Å². The molecule has 0 aromatic heterocycles. The van der Waals surface area contributed by atoms with Gasteiger partial charge in [0.15, 0.2) is 0 Å². The summed E-state index contributed by atoms with van der Waals surface area (Å²) in [6.45, 7) is 6.56. The second-order valence-corrected chi connectivity index (χ2v) is 8.80. The average molecular weight is 465 g/mol. The molecule has 4 atom stereocenters. The number of carboxylic acids is 1. The minimum atomic E-state index is -1.51. The normalized spacial score (nSPS) is 14.8. The van der Waals surface area contributed by atoms with E-state index in [1.165, 1.54) is 0 Å². The van der Waals surface area contributed by atoms with Crippen molar-refractivity contribution in [1.82, 2.24) is 16.0 Å². The summed E-state index contributed by atoms with van der Waals surface area (Å²) < 4.78 is 0. The lowest BCUT2D eigenvalue weighted by Gasteiger charge is -2.27. The number of carboxylic acid groups (broad SMARTS) is 1. The molecule has 33 heavy (non-hydrogen) atoms. The molecule has 10 heteroatoms.